The minimum absolute atomic E-state index is 0. The summed E-state index contributed by atoms with van der Waals surface area (Å²) < 4.78 is 0. The van der Waals surface area contributed by atoms with Crippen LogP contribution in [0.5, 0.6) is 0 Å². The molecule has 0 aromatic rings. The normalized spacial score (nSPS) is 13.0. The van der Waals surface area contributed by atoms with Gasteiger partial charge < -0.3 is 6.92 Å². The fraction of sp³-hybridized carbons (Fsp3) is 0.786. The second-order valence-electron chi connectivity index (χ2n) is 5.42. The van der Waals surface area contributed by atoms with E-state index < -0.39 is 8.07 Å². The van der Waals surface area contributed by atoms with E-state index in [2.05, 4.69) is 39.2 Å². The number of hydrogen-bond acceptors (Lipinski definition) is 0. The molecule has 0 fully saturated rings. The van der Waals surface area contributed by atoms with Gasteiger partial charge in [0, 0.05) is 19.5 Å². The van der Waals surface area contributed by atoms with Gasteiger partial charge in [0.2, 0.25) is 0 Å². The number of unbranched alkanes of at least 4 members (excludes halogenated alkanes) is 3. The predicted octanol–water partition coefficient (Wildman–Crippen LogP) is 5.23. The monoisotopic (exact) mass is 289 g/mol. The van der Waals surface area contributed by atoms with Crippen molar-refractivity contribution in [2.24, 2.45) is 5.92 Å². The largest absolute Gasteiger partial charge is 0.340 e. The molecule has 1 atom stereocenters. The minimum atomic E-state index is -1.01. The van der Waals surface area contributed by atoms with Crippen molar-refractivity contribution < 1.29 is 19.5 Å². The van der Waals surface area contributed by atoms with Crippen LogP contribution in [0.3, 0.4) is 0 Å². The first-order valence-electron chi connectivity index (χ1n) is 6.48. The van der Waals surface area contributed by atoms with Crippen LogP contribution in [0.25, 0.3) is 0 Å². The first-order chi connectivity index (χ1) is 7.02. The van der Waals surface area contributed by atoms with Gasteiger partial charge in [0.25, 0.3) is 0 Å². The molecule has 0 spiro atoms. The van der Waals surface area contributed by atoms with E-state index in [0.29, 0.717) is 5.92 Å². The molecule has 0 amide bonds. The number of rotatable bonds is 9. The molecular weight excluding hydrogens is 262 g/mol. The standard InChI is InChI=1S/C14H29Si.Zn/c1-6-14(3)12-10-8-9-11-13-15(4,5)7-2;/h7,14H,2-3,6,8-13H2,1,4-5H3;/q-1;. The molecule has 1 unspecified atom stereocenters. The molecule has 0 saturated carbocycles. The molecule has 0 N–H and O–H groups in total. The third kappa shape index (κ3) is 11.1. The Kier molecular flexibility index (Phi) is 12.7. The molecule has 2 heteroatoms. The Hall–Kier alpha value is 0.580. The minimum Gasteiger partial charge on any atom is -0.340 e. The van der Waals surface area contributed by atoms with Crippen molar-refractivity contribution in [3.8, 4) is 0 Å². The maximum absolute atomic E-state index is 4.12. The molecule has 0 heterocycles. The second-order valence-corrected chi connectivity index (χ2v) is 10.3. The molecule has 0 saturated heterocycles. The van der Waals surface area contributed by atoms with Crippen molar-refractivity contribution in [2.75, 3.05) is 0 Å². The Morgan fingerprint density at radius 1 is 1.19 bits per heavy atom. The summed E-state index contributed by atoms with van der Waals surface area (Å²) in [5.74, 6) is 0.684. The van der Waals surface area contributed by atoms with Crippen LogP contribution in [0, 0.1) is 12.8 Å². The summed E-state index contributed by atoms with van der Waals surface area (Å²) in [4.78, 5) is 0. The van der Waals surface area contributed by atoms with Gasteiger partial charge in [-0.05, 0) is 0 Å². The van der Waals surface area contributed by atoms with Gasteiger partial charge in [0.1, 0.15) is 0 Å². The van der Waals surface area contributed by atoms with Crippen molar-refractivity contribution in [2.45, 2.75) is 64.6 Å². The SMILES string of the molecule is C=C[Si](C)(C)CCCCCCC([CH2-])CC.[Zn]. The zero-order chi connectivity index (χ0) is 11.7. The summed E-state index contributed by atoms with van der Waals surface area (Å²) in [7, 11) is -1.01. The quantitative estimate of drug-likeness (QED) is 0.310. The van der Waals surface area contributed by atoms with Gasteiger partial charge in [-0.1, -0.05) is 64.6 Å². The Bertz CT molecular complexity index is 166. The molecule has 0 radical (unpaired) electrons. The van der Waals surface area contributed by atoms with E-state index in [9.17, 15) is 0 Å². The molecule has 16 heavy (non-hydrogen) atoms. The molecular formula is C14H29SiZn-. The van der Waals surface area contributed by atoms with Crippen LogP contribution in [0.2, 0.25) is 19.1 Å². The Morgan fingerprint density at radius 2 is 1.75 bits per heavy atom. The van der Waals surface area contributed by atoms with Crippen molar-refractivity contribution in [1.29, 1.82) is 0 Å². The molecule has 0 aliphatic carbocycles. The first kappa shape index (κ1) is 18.9. The predicted molar refractivity (Wildman–Crippen MR) is 74.7 cm³/mol. The maximum Gasteiger partial charge on any atom is 0.0709 e. The van der Waals surface area contributed by atoms with E-state index >= 15 is 0 Å². The zero-order valence-corrected chi connectivity index (χ0v) is 15.7. The van der Waals surface area contributed by atoms with E-state index in [-0.39, 0.29) is 19.5 Å². The fourth-order valence-corrected chi connectivity index (χ4v) is 3.04. The van der Waals surface area contributed by atoms with Crippen molar-refractivity contribution >= 4 is 8.07 Å². The van der Waals surface area contributed by atoms with Crippen LogP contribution in [0.4, 0.5) is 0 Å². The van der Waals surface area contributed by atoms with E-state index in [1.807, 2.05) is 0 Å². The second kappa shape index (κ2) is 10.7. The van der Waals surface area contributed by atoms with Gasteiger partial charge in [-0.15, -0.1) is 12.3 Å². The van der Waals surface area contributed by atoms with Crippen LogP contribution in [0.15, 0.2) is 12.3 Å². The van der Waals surface area contributed by atoms with E-state index in [1.165, 1.54) is 44.6 Å². The van der Waals surface area contributed by atoms with Gasteiger partial charge >= 0.3 is 0 Å². The van der Waals surface area contributed by atoms with Crippen LogP contribution in [0.1, 0.15) is 45.4 Å². The summed E-state index contributed by atoms with van der Waals surface area (Å²) in [6.45, 7) is 15.1. The summed E-state index contributed by atoms with van der Waals surface area (Å²) in [6, 6.07) is 1.41. The van der Waals surface area contributed by atoms with E-state index in [0.717, 1.165) is 0 Å². The number of hydrogen-bond donors (Lipinski definition) is 0. The Labute approximate surface area is 117 Å². The zero-order valence-electron chi connectivity index (χ0n) is 11.7. The average Bonchev–Trinajstić information content (AvgIpc) is 2.22. The van der Waals surface area contributed by atoms with Crippen LogP contribution < -0.4 is 0 Å². The maximum atomic E-state index is 4.12. The van der Waals surface area contributed by atoms with Crippen molar-refractivity contribution in [3.05, 3.63) is 19.2 Å². The van der Waals surface area contributed by atoms with E-state index in [4.69, 9.17) is 0 Å². The molecule has 0 aliphatic rings. The topological polar surface area (TPSA) is 0 Å². The average molecular weight is 291 g/mol. The van der Waals surface area contributed by atoms with Gasteiger partial charge in [-0.3, -0.25) is 0 Å². The third-order valence-corrected chi connectivity index (χ3v) is 6.06. The van der Waals surface area contributed by atoms with Crippen molar-refractivity contribution in [1.82, 2.24) is 0 Å². The third-order valence-electron chi connectivity index (χ3n) is 3.31. The van der Waals surface area contributed by atoms with Gasteiger partial charge in [-0.25, -0.2) is 0 Å². The van der Waals surface area contributed by atoms with Gasteiger partial charge in [0.05, 0.1) is 8.07 Å². The smallest absolute Gasteiger partial charge is 0.0709 e. The fourth-order valence-electron chi connectivity index (χ4n) is 1.67. The Balaban J connectivity index is 0. The summed E-state index contributed by atoms with van der Waals surface area (Å²) >= 11 is 0. The molecule has 92 valence electrons. The summed E-state index contributed by atoms with van der Waals surface area (Å²) in [6.07, 6.45) is 8.13. The van der Waals surface area contributed by atoms with E-state index in [1.54, 1.807) is 0 Å². The van der Waals surface area contributed by atoms with Gasteiger partial charge in [-0.2, -0.15) is 5.92 Å². The molecule has 0 bridgehead atoms. The van der Waals surface area contributed by atoms with Crippen LogP contribution >= 0.6 is 0 Å². The Morgan fingerprint density at radius 3 is 2.25 bits per heavy atom. The van der Waals surface area contributed by atoms with Crippen LogP contribution in [-0.2, 0) is 19.5 Å². The summed E-state index contributed by atoms with van der Waals surface area (Å²) in [5, 5.41) is 0. The van der Waals surface area contributed by atoms with Gasteiger partial charge in [0.15, 0.2) is 0 Å². The van der Waals surface area contributed by atoms with Crippen molar-refractivity contribution in [3.63, 3.8) is 0 Å². The first-order valence-corrected chi connectivity index (χ1v) is 9.77. The molecule has 0 aliphatic heterocycles. The summed E-state index contributed by atoms with van der Waals surface area (Å²) in [5.41, 5.74) is 2.22. The van der Waals surface area contributed by atoms with Crippen LogP contribution in [-0.4, -0.2) is 8.07 Å². The molecule has 0 rings (SSSR count). The molecule has 0 aromatic carbocycles. The molecule has 0 aromatic heterocycles. The molecule has 0 nitrogen and oxygen atoms in total.